The molecule has 1 N–H and O–H groups in total. The summed E-state index contributed by atoms with van der Waals surface area (Å²) in [4.78, 5) is 11.5. The summed E-state index contributed by atoms with van der Waals surface area (Å²) in [6, 6.07) is 1.96. The maximum atomic E-state index is 11.5. The molecule has 0 aliphatic carbocycles. The summed E-state index contributed by atoms with van der Waals surface area (Å²) < 4.78 is 7.22. The first-order valence-electron chi connectivity index (χ1n) is 5.68. The van der Waals surface area contributed by atoms with E-state index in [2.05, 4.69) is 51.0 Å². The third kappa shape index (κ3) is 2.60. The Morgan fingerprint density at radius 2 is 2.24 bits per heavy atom. The van der Waals surface area contributed by atoms with Crippen molar-refractivity contribution in [3.63, 3.8) is 0 Å². The predicted molar refractivity (Wildman–Crippen MR) is 72.8 cm³/mol. The number of nitrogens with one attached hydrogen (secondary N) is 1. The first-order valence-corrected chi connectivity index (χ1v) is 7.26. The predicted octanol–water partition coefficient (Wildman–Crippen LogP) is 3.65. The van der Waals surface area contributed by atoms with Gasteiger partial charge in [-0.3, -0.25) is 4.79 Å². The Morgan fingerprint density at radius 3 is 2.65 bits per heavy atom. The van der Waals surface area contributed by atoms with E-state index in [1.807, 2.05) is 6.07 Å². The molecule has 1 amide bonds. The van der Waals surface area contributed by atoms with E-state index in [4.69, 9.17) is 4.42 Å². The molecule has 1 aromatic rings. The van der Waals surface area contributed by atoms with Crippen molar-refractivity contribution >= 4 is 37.8 Å². The van der Waals surface area contributed by atoms with E-state index in [9.17, 15) is 4.79 Å². The van der Waals surface area contributed by atoms with Crippen LogP contribution in [0.15, 0.2) is 19.6 Å². The zero-order valence-corrected chi connectivity index (χ0v) is 13.0. The minimum Gasteiger partial charge on any atom is -0.453 e. The van der Waals surface area contributed by atoms with Crippen molar-refractivity contribution in [2.45, 2.75) is 38.6 Å². The first-order chi connectivity index (χ1) is 7.93. The second-order valence-corrected chi connectivity index (χ2v) is 6.44. The summed E-state index contributed by atoms with van der Waals surface area (Å²) in [5.41, 5.74) is -0.159. The number of halogens is 2. The summed E-state index contributed by atoms with van der Waals surface area (Å²) >= 11 is 6.74. The van der Waals surface area contributed by atoms with Crippen LogP contribution in [0.4, 0.5) is 0 Å². The van der Waals surface area contributed by atoms with Gasteiger partial charge in [-0.25, -0.2) is 0 Å². The van der Waals surface area contributed by atoms with Crippen LogP contribution in [0.3, 0.4) is 0 Å². The Labute approximate surface area is 118 Å². The number of hydrogen-bond donors (Lipinski definition) is 1. The van der Waals surface area contributed by atoms with Gasteiger partial charge in [0.15, 0.2) is 4.67 Å². The summed E-state index contributed by atoms with van der Waals surface area (Å²) in [5, 5.41) is 3.11. The highest BCUT2D eigenvalue weighted by Crippen LogP contribution is 2.35. The number of amides is 1. The summed E-state index contributed by atoms with van der Waals surface area (Å²) in [6.07, 6.45) is 2.22. The number of carbonyl (C=O) groups is 1. The summed E-state index contributed by atoms with van der Waals surface area (Å²) in [5.74, 6) is 1.42. The van der Waals surface area contributed by atoms with Crippen molar-refractivity contribution in [2.24, 2.45) is 5.92 Å². The lowest BCUT2D eigenvalue weighted by atomic mass is 9.81. The molecular formula is C12H15Br2NO2. The van der Waals surface area contributed by atoms with Crippen molar-refractivity contribution in [2.75, 3.05) is 0 Å². The SMILES string of the molecule is CC(C)C1(Cc2cc(Br)c(Br)o2)CCC(=O)N1. The van der Waals surface area contributed by atoms with Crippen LogP contribution in [0.5, 0.6) is 0 Å². The molecule has 2 rings (SSSR count). The lowest BCUT2D eigenvalue weighted by Gasteiger charge is -2.32. The van der Waals surface area contributed by atoms with Crippen LogP contribution < -0.4 is 5.32 Å². The molecule has 1 atom stereocenters. The number of rotatable bonds is 3. The fourth-order valence-electron chi connectivity index (χ4n) is 2.30. The van der Waals surface area contributed by atoms with Gasteiger partial charge in [-0.2, -0.15) is 0 Å². The first kappa shape index (κ1) is 13.1. The molecule has 3 nitrogen and oxygen atoms in total. The highest BCUT2D eigenvalue weighted by molar-refractivity contribution is 9.13. The third-order valence-electron chi connectivity index (χ3n) is 3.48. The molecule has 1 saturated heterocycles. The van der Waals surface area contributed by atoms with Gasteiger partial charge in [0.25, 0.3) is 0 Å². The number of furan rings is 1. The van der Waals surface area contributed by atoms with Gasteiger partial charge in [-0.05, 0) is 50.3 Å². The molecule has 1 unspecified atom stereocenters. The maximum Gasteiger partial charge on any atom is 0.220 e. The van der Waals surface area contributed by atoms with Gasteiger partial charge in [-0.15, -0.1) is 0 Å². The smallest absolute Gasteiger partial charge is 0.220 e. The maximum absolute atomic E-state index is 11.5. The van der Waals surface area contributed by atoms with Gasteiger partial charge in [0.05, 0.1) is 4.47 Å². The Bertz CT molecular complexity index is 422. The second-order valence-electron chi connectivity index (χ2n) is 4.87. The molecule has 0 bridgehead atoms. The summed E-state index contributed by atoms with van der Waals surface area (Å²) in [7, 11) is 0. The molecule has 0 aromatic carbocycles. The van der Waals surface area contributed by atoms with Gasteiger partial charge >= 0.3 is 0 Å². The van der Waals surface area contributed by atoms with Crippen LogP contribution in [0.2, 0.25) is 0 Å². The number of hydrogen-bond acceptors (Lipinski definition) is 2. The molecule has 1 fully saturated rings. The van der Waals surface area contributed by atoms with Crippen molar-refractivity contribution in [3.8, 4) is 0 Å². The molecular weight excluding hydrogens is 350 g/mol. The monoisotopic (exact) mass is 363 g/mol. The zero-order chi connectivity index (χ0) is 12.6. The van der Waals surface area contributed by atoms with Crippen LogP contribution in [0.1, 0.15) is 32.4 Å². The number of carbonyl (C=O) groups excluding carboxylic acids is 1. The Balaban J connectivity index is 2.22. The highest BCUT2D eigenvalue weighted by atomic mass is 79.9. The van der Waals surface area contributed by atoms with E-state index in [1.165, 1.54) is 0 Å². The molecule has 1 aliphatic heterocycles. The van der Waals surface area contributed by atoms with Crippen molar-refractivity contribution in [1.82, 2.24) is 5.32 Å². The van der Waals surface area contributed by atoms with Crippen LogP contribution in [-0.2, 0) is 11.2 Å². The van der Waals surface area contributed by atoms with Crippen LogP contribution in [-0.4, -0.2) is 11.4 Å². The molecule has 94 valence electrons. The lowest BCUT2D eigenvalue weighted by molar-refractivity contribution is -0.120. The molecule has 1 aromatic heterocycles. The molecule has 2 heterocycles. The fraction of sp³-hybridized carbons (Fsp3) is 0.583. The topological polar surface area (TPSA) is 42.2 Å². The normalized spacial score (nSPS) is 24.4. The van der Waals surface area contributed by atoms with Gasteiger partial charge in [0.2, 0.25) is 5.91 Å². The van der Waals surface area contributed by atoms with E-state index in [0.29, 0.717) is 17.0 Å². The Kier molecular flexibility index (Phi) is 3.69. The average molecular weight is 365 g/mol. The van der Waals surface area contributed by atoms with Crippen LogP contribution in [0.25, 0.3) is 0 Å². The molecule has 1 aliphatic rings. The van der Waals surface area contributed by atoms with Crippen molar-refractivity contribution in [1.29, 1.82) is 0 Å². The molecule has 0 saturated carbocycles. The minimum absolute atomic E-state index is 0.142. The third-order valence-corrected chi connectivity index (χ3v) is 5.19. The van der Waals surface area contributed by atoms with Crippen molar-refractivity contribution in [3.05, 3.63) is 21.0 Å². The molecule has 0 spiro atoms. The van der Waals surface area contributed by atoms with Crippen LogP contribution >= 0.6 is 31.9 Å². The fourth-order valence-corrected chi connectivity index (χ4v) is 2.96. The minimum atomic E-state index is -0.159. The summed E-state index contributed by atoms with van der Waals surface area (Å²) in [6.45, 7) is 4.28. The van der Waals surface area contributed by atoms with Gasteiger partial charge in [0, 0.05) is 18.4 Å². The second kappa shape index (κ2) is 4.76. The molecule has 17 heavy (non-hydrogen) atoms. The lowest BCUT2D eigenvalue weighted by Crippen LogP contribution is -2.48. The van der Waals surface area contributed by atoms with E-state index in [1.54, 1.807) is 0 Å². The molecule has 5 heteroatoms. The zero-order valence-electron chi connectivity index (χ0n) is 9.85. The highest BCUT2D eigenvalue weighted by Gasteiger charge is 2.41. The van der Waals surface area contributed by atoms with E-state index in [0.717, 1.165) is 23.1 Å². The van der Waals surface area contributed by atoms with Crippen molar-refractivity contribution < 1.29 is 9.21 Å². The standard InChI is InChI=1S/C12H15Br2NO2/c1-7(2)12(4-3-10(16)15-12)6-8-5-9(13)11(14)17-8/h5,7H,3-4,6H2,1-2H3,(H,15,16). The van der Waals surface area contributed by atoms with Gasteiger partial charge in [-0.1, -0.05) is 13.8 Å². The van der Waals surface area contributed by atoms with E-state index < -0.39 is 0 Å². The quantitative estimate of drug-likeness (QED) is 0.889. The van der Waals surface area contributed by atoms with E-state index in [-0.39, 0.29) is 11.4 Å². The van der Waals surface area contributed by atoms with Gasteiger partial charge in [0.1, 0.15) is 5.76 Å². The Hall–Kier alpha value is -0.290. The molecule has 0 radical (unpaired) electrons. The Morgan fingerprint density at radius 1 is 1.53 bits per heavy atom. The van der Waals surface area contributed by atoms with E-state index >= 15 is 0 Å². The van der Waals surface area contributed by atoms with Gasteiger partial charge < -0.3 is 9.73 Å². The largest absolute Gasteiger partial charge is 0.453 e. The van der Waals surface area contributed by atoms with Crippen LogP contribution in [0, 0.1) is 5.92 Å². The average Bonchev–Trinajstić information content (AvgIpc) is 2.73.